The van der Waals surface area contributed by atoms with Gasteiger partial charge in [-0.3, -0.25) is 4.79 Å². The zero-order valence-corrected chi connectivity index (χ0v) is 16.0. The van der Waals surface area contributed by atoms with Gasteiger partial charge in [-0.05, 0) is 46.9 Å². The predicted molar refractivity (Wildman–Crippen MR) is 108 cm³/mol. The van der Waals surface area contributed by atoms with Crippen LogP contribution in [0.4, 0.5) is 0 Å². The number of carbonyl (C=O) groups is 1. The molecule has 1 fully saturated rings. The van der Waals surface area contributed by atoms with Crippen LogP contribution in [0.3, 0.4) is 0 Å². The van der Waals surface area contributed by atoms with Crippen molar-refractivity contribution in [2.24, 2.45) is 0 Å². The third-order valence-corrected chi connectivity index (χ3v) is 4.94. The smallest absolute Gasteiger partial charge is 0.263 e. The van der Waals surface area contributed by atoms with Gasteiger partial charge in [0.1, 0.15) is 15.8 Å². The highest BCUT2D eigenvalue weighted by molar-refractivity contribution is 8.26. The number of nitrogens with one attached hydrogen (secondary N) is 1. The molecule has 3 rings (SSSR count). The molecular weight excluding hydrogens is 350 g/mol. The molecule has 2 aromatic carbocycles. The number of ether oxygens (including phenoxy) is 1. The van der Waals surface area contributed by atoms with Crippen LogP contribution in [0.15, 0.2) is 53.4 Å². The number of thioether (sulfide) groups is 1. The molecule has 2 aromatic rings. The minimum Gasteiger partial charge on any atom is -0.457 e. The Morgan fingerprint density at radius 3 is 2.04 bits per heavy atom. The fourth-order valence-electron chi connectivity index (χ4n) is 2.36. The molecule has 1 saturated heterocycles. The molecule has 0 unspecified atom stereocenters. The number of rotatable bonds is 3. The quantitative estimate of drug-likeness (QED) is 0.591. The largest absolute Gasteiger partial charge is 0.457 e. The third-order valence-electron chi connectivity index (χ3n) is 3.78. The van der Waals surface area contributed by atoms with E-state index in [1.165, 1.54) is 17.3 Å². The summed E-state index contributed by atoms with van der Waals surface area (Å²) in [6, 6.07) is 15.8. The SMILES string of the molecule is CC(C)(C)c1ccc(Oc2ccc(/C=C3/SC(=S)NC3=O)cc2)cc1. The maximum Gasteiger partial charge on any atom is 0.263 e. The normalized spacial score (nSPS) is 16.2. The van der Waals surface area contributed by atoms with Crippen LogP contribution in [0.25, 0.3) is 6.08 Å². The van der Waals surface area contributed by atoms with Crippen LogP contribution in [0.5, 0.6) is 11.5 Å². The van der Waals surface area contributed by atoms with E-state index in [1.807, 2.05) is 42.5 Å². The summed E-state index contributed by atoms with van der Waals surface area (Å²) in [4.78, 5) is 12.3. The van der Waals surface area contributed by atoms with E-state index in [9.17, 15) is 4.79 Å². The van der Waals surface area contributed by atoms with Gasteiger partial charge in [-0.1, -0.05) is 69.0 Å². The van der Waals surface area contributed by atoms with Crippen molar-refractivity contribution >= 4 is 40.3 Å². The molecule has 0 bridgehead atoms. The molecular formula is C20H19NO2S2. The molecule has 0 radical (unpaired) electrons. The topological polar surface area (TPSA) is 38.3 Å². The van der Waals surface area contributed by atoms with Gasteiger partial charge >= 0.3 is 0 Å². The van der Waals surface area contributed by atoms with E-state index < -0.39 is 0 Å². The molecule has 1 N–H and O–H groups in total. The maximum absolute atomic E-state index is 11.7. The molecule has 5 heteroatoms. The fraction of sp³-hybridized carbons (Fsp3) is 0.200. The van der Waals surface area contributed by atoms with Crippen molar-refractivity contribution in [1.82, 2.24) is 5.32 Å². The van der Waals surface area contributed by atoms with Gasteiger partial charge in [0.2, 0.25) is 0 Å². The lowest BCUT2D eigenvalue weighted by atomic mass is 9.87. The molecule has 0 aliphatic carbocycles. The van der Waals surface area contributed by atoms with Gasteiger partial charge in [-0.15, -0.1) is 0 Å². The van der Waals surface area contributed by atoms with Crippen LogP contribution in [-0.4, -0.2) is 10.2 Å². The zero-order chi connectivity index (χ0) is 18.0. The van der Waals surface area contributed by atoms with Crippen LogP contribution in [0.2, 0.25) is 0 Å². The molecule has 0 atom stereocenters. The first-order valence-electron chi connectivity index (χ1n) is 7.94. The summed E-state index contributed by atoms with van der Waals surface area (Å²) >= 11 is 6.26. The van der Waals surface area contributed by atoms with Crippen LogP contribution in [-0.2, 0) is 10.2 Å². The Morgan fingerprint density at radius 1 is 1.00 bits per heavy atom. The first-order chi connectivity index (χ1) is 11.8. The minimum atomic E-state index is -0.144. The van der Waals surface area contributed by atoms with Gasteiger partial charge in [-0.25, -0.2) is 0 Å². The summed E-state index contributed by atoms with van der Waals surface area (Å²) in [5.74, 6) is 1.41. The Hall–Kier alpha value is -2.11. The lowest BCUT2D eigenvalue weighted by Crippen LogP contribution is -2.17. The van der Waals surface area contributed by atoms with Gasteiger partial charge in [0.15, 0.2) is 0 Å². The first kappa shape index (κ1) is 17.7. The van der Waals surface area contributed by atoms with E-state index in [1.54, 1.807) is 0 Å². The van der Waals surface area contributed by atoms with E-state index >= 15 is 0 Å². The van der Waals surface area contributed by atoms with Crippen molar-refractivity contribution in [3.05, 3.63) is 64.6 Å². The van der Waals surface area contributed by atoms with Crippen LogP contribution in [0.1, 0.15) is 31.9 Å². The molecule has 0 aromatic heterocycles. The van der Waals surface area contributed by atoms with Gasteiger partial charge in [0.05, 0.1) is 4.91 Å². The zero-order valence-electron chi connectivity index (χ0n) is 14.3. The fourth-order valence-corrected chi connectivity index (χ4v) is 3.41. The molecule has 1 aliphatic heterocycles. The van der Waals surface area contributed by atoms with E-state index in [0.717, 1.165) is 17.1 Å². The molecule has 25 heavy (non-hydrogen) atoms. The number of hydrogen-bond donors (Lipinski definition) is 1. The summed E-state index contributed by atoms with van der Waals surface area (Å²) in [5.41, 5.74) is 2.32. The Bertz CT molecular complexity index is 831. The Morgan fingerprint density at radius 2 is 1.56 bits per heavy atom. The van der Waals surface area contributed by atoms with E-state index in [-0.39, 0.29) is 11.3 Å². The van der Waals surface area contributed by atoms with Crippen molar-refractivity contribution in [3.8, 4) is 11.5 Å². The number of amides is 1. The lowest BCUT2D eigenvalue weighted by molar-refractivity contribution is -0.115. The van der Waals surface area contributed by atoms with Crippen molar-refractivity contribution in [2.45, 2.75) is 26.2 Å². The van der Waals surface area contributed by atoms with Gasteiger partial charge in [0, 0.05) is 0 Å². The second-order valence-electron chi connectivity index (χ2n) is 6.80. The highest BCUT2D eigenvalue weighted by atomic mass is 32.2. The third kappa shape index (κ3) is 4.50. The predicted octanol–water partition coefficient (Wildman–Crippen LogP) is 5.27. The van der Waals surface area contributed by atoms with Crippen LogP contribution < -0.4 is 10.1 Å². The average molecular weight is 370 g/mol. The monoisotopic (exact) mass is 369 g/mol. The first-order valence-corrected chi connectivity index (χ1v) is 9.17. The second kappa shape index (κ2) is 7.02. The van der Waals surface area contributed by atoms with Crippen LogP contribution >= 0.6 is 24.0 Å². The summed E-state index contributed by atoms with van der Waals surface area (Å²) in [6.07, 6.45) is 1.82. The molecule has 1 heterocycles. The van der Waals surface area contributed by atoms with Crippen LogP contribution in [0, 0.1) is 0 Å². The molecule has 0 saturated carbocycles. The van der Waals surface area contributed by atoms with Gasteiger partial charge in [0.25, 0.3) is 5.91 Å². The molecule has 1 aliphatic rings. The molecule has 1 amide bonds. The highest BCUT2D eigenvalue weighted by Gasteiger charge is 2.21. The average Bonchev–Trinajstić information content (AvgIpc) is 2.86. The van der Waals surface area contributed by atoms with Crippen molar-refractivity contribution in [3.63, 3.8) is 0 Å². The highest BCUT2D eigenvalue weighted by Crippen LogP contribution is 2.29. The van der Waals surface area contributed by atoms with Crippen molar-refractivity contribution < 1.29 is 9.53 Å². The summed E-state index contributed by atoms with van der Waals surface area (Å²) in [7, 11) is 0. The maximum atomic E-state index is 11.7. The summed E-state index contributed by atoms with van der Waals surface area (Å²) in [6.45, 7) is 6.56. The Labute approximate surface area is 157 Å². The Kier molecular flexibility index (Phi) is 4.97. The summed E-state index contributed by atoms with van der Waals surface area (Å²) < 4.78 is 6.38. The van der Waals surface area contributed by atoms with Crippen molar-refractivity contribution in [1.29, 1.82) is 0 Å². The van der Waals surface area contributed by atoms with E-state index in [0.29, 0.717) is 9.23 Å². The number of hydrogen-bond acceptors (Lipinski definition) is 4. The minimum absolute atomic E-state index is 0.126. The lowest BCUT2D eigenvalue weighted by Gasteiger charge is -2.19. The Balaban J connectivity index is 1.70. The van der Waals surface area contributed by atoms with Crippen molar-refractivity contribution in [2.75, 3.05) is 0 Å². The van der Waals surface area contributed by atoms with Gasteiger partial charge in [-0.2, -0.15) is 0 Å². The summed E-state index contributed by atoms with van der Waals surface area (Å²) in [5, 5.41) is 2.61. The number of thiocarbonyl (C=S) groups is 1. The standard InChI is InChI=1S/C20H19NO2S2/c1-20(2,3)14-6-10-16(11-7-14)23-15-8-4-13(5-9-15)12-17-18(22)21-19(24)25-17/h4-12H,1-3H3,(H,21,22,24)/b17-12+. The molecule has 3 nitrogen and oxygen atoms in total. The van der Waals surface area contributed by atoms with E-state index in [4.69, 9.17) is 17.0 Å². The number of benzene rings is 2. The molecule has 128 valence electrons. The second-order valence-corrected chi connectivity index (χ2v) is 8.52. The number of carbonyl (C=O) groups excluding carboxylic acids is 1. The van der Waals surface area contributed by atoms with Gasteiger partial charge < -0.3 is 10.1 Å². The molecule has 0 spiro atoms. The van der Waals surface area contributed by atoms with E-state index in [2.05, 4.69) is 38.2 Å².